The number of oxazole rings is 1. The summed E-state index contributed by atoms with van der Waals surface area (Å²) in [5, 5.41) is 0. The van der Waals surface area contributed by atoms with Gasteiger partial charge in [-0.2, -0.15) is 0 Å². The van der Waals surface area contributed by atoms with Crippen LogP contribution in [0.4, 0.5) is 0 Å². The largest absolute Gasteiger partial charge is 0.436 e. The minimum Gasteiger partial charge on any atom is -0.436 e. The summed E-state index contributed by atoms with van der Waals surface area (Å²) in [7, 11) is 0. The van der Waals surface area contributed by atoms with E-state index < -0.39 is 0 Å². The number of benzene rings is 2. The molecular weight excluding hydrogens is 364 g/mol. The van der Waals surface area contributed by atoms with Crippen LogP contribution in [0.5, 0.6) is 0 Å². The molecule has 0 saturated carbocycles. The van der Waals surface area contributed by atoms with Gasteiger partial charge < -0.3 is 4.42 Å². The quantitative estimate of drug-likeness (QED) is 0.585. The van der Waals surface area contributed by atoms with Crippen LogP contribution in [0.2, 0.25) is 0 Å². The molecule has 0 amide bonds. The maximum atomic E-state index is 5.93. The van der Waals surface area contributed by atoms with E-state index in [1.54, 1.807) is 0 Å². The molecule has 0 spiro atoms. The molecule has 1 aromatic heterocycles. The van der Waals surface area contributed by atoms with Crippen LogP contribution >= 0.6 is 15.9 Å². The molecule has 4 heteroatoms. The van der Waals surface area contributed by atoms with Crippen molar-refractivity contribution >= 4 is 27.0 Å². The second-order valence-corrected chi connectivity index (χ2v) is 7.56. The highest BCUT2D eigenvalue weighted by atomic mass is 79.9. The molecule has 0 aliphatic carbocycles. The molecule has 0 radical (unpaired) electrons. The molecule has 2 heterocycles. The van der Waals surface area contributed by atoms with E-state index in [0.717, 1.165) is 27.7 Å². The number of hydrogen-bond acceptors (Lipinski definition) is 3. The molecule has 24 heavy (non-hydrogen) atoms. The average Bonchev–Trinajstić information content (AvgIpc) is 3.00. The Morgan fingerprint density at radius 1 is 1.21 bits per heavy atom. The number of hydrogen-bond donors (Lipinski definition) is 0. The Morgan fingerprint density at radius 3 is 2.96 bits per heavy atom. The number of nitrogens with zero attached hydrogens (tertiary/aromatic N) is 2. The molecule has 3 aromatic rings. The first-order chi connectivity index (χ1) is 11.7. The van der Waals surface area contributed by atoms with E-state index in [0.29, 0.717) is 11.9 Å². The number of fused-ring (bicyclic) bond motifs is 1. The zero-order valence-corrected chi connectivity index (χ0v) is 15.4. The Labute approximate surface area is 150 Å². The number of piperidine rings is 1. The Balaban J connectivity index is 1.61. The monoisotopic (exact) mass is 384 g/mol. The van der Waals surface area contributed by atoms with Crippen LogP contribution in [-0.4, -0.2) is 22.5 Å². The van der Waals surface area contributed by atoms with Gasteiger partial charge in [-0.05, 0) is 62.2 Å². The number of halogens is 1. The molecule has 1 aliphatic heterocycles. The minimum atomic E-state index is 0.670. The van der Waals surface area contributed by atoms with E-state index >= 15 is 0 Å². The molecule has 2 aromatic carbocycles. The molecule has 3 nitrogen and oxygen atoms in total. The Morgan fingerprint density at radius 2 is 2.12 bits per heavy atom. The predicted molar refractivity (Wildman–Crippen MR) is 101 cm³/mol. The molecule has 4 rings (SSSR count). The first-order valence-electron chi connectivity index (χ1n) is 8.58. The molecule has 1 atom stereocenters. The lowest BCUT2D eigenvalue weighted by Crippen LogP contribution is -2.36. The smallest absolute Gasteiger partial charge is 0.227 e. The normalized spacial score (nSPS) is 19.0. The van der Waals surface area contributed by atoms with Gasteiger partial charge in [0.05, 0.1) is 0 Å². The van der Waals surface area contributed by atoms with Gasteiger partial charge >= 0.3 is 0 Å². The van der Waals surface area contributed by atoms with Crippen molar-refractivity contribution in [2.24, 2.45) is 0 Å². The van der Waals surface area contributed by atoms with Crippen molar-refractivity contribution in [3.63, 3.8) is 0 Å². The maximum absolute atomic E-state index is 5.93. The van der Waals surface area contributed by atoms with Crippen molar-refractivity contribution in [1.82, 2.24) is 9.88 Å². The lowest BCUT2D eigenvalue weighted by atomic mass is 10.0. The van der Waals surface area contributed by atoms with Crippen LogP contribution < -0.4 is 0 Å². The van der Waals surface area contributed by atoms with Gasteiger partial charge in [0.25, 0.3) is 0 Å². The Bertz CT molecular complexity index is 858. The molecule has 0 bridgehead atoms. The molecule has 1 unspecified atom stereocenters. The summed E-state index contributed by atoms with van der Waals surface area (Å²) in [6.45, 7) is 4.52. The summed E-state index contributed by atoms with van der Waals surface area (Å²) in [5.74, 6) is 0.676. The number of rotatable bonds is 3. The lowest BCUT2D eigenvalue weighted by molar-refractivity contribution is 0.152. The summed E-state index contributed by atoms with van der Waals surface area (Å²) in [4.78, 5) is 7.26. The standard InChI is InChI=1S/C20H21BrN2O/c1-14-5-2-3-10-23(14)13-15-8-9-19-18(11-15)22-20(24-19)16-6-4-7-17(21)12-16/h4,6-9,11-12,14H,2-3,5,10,13H2,1H3. The fraction of sp³-hybridized carbons (Fsp3) is 0.350. The molecule has 1 fully saturated rings. The zero-order valence-electron chi connectivity index (χ0n) is 13.8. The van der Waals surface area contributed by atoms with Crippen LogP contribution in [0.1, 0.15) is 31.7 Å². The maximum Gasteiger partial charge on any atom is 0.227 e. The van der Waals surface area contributed by atoms with Crippen molar-refractivity contribution in [1.29, 1.82) is 0 Å². The highest BCUT2D eigenvalue weighted by Crippen LogP contribution is 2.27. The van der Waals surface area contributed by atoms with Gasteiger partial charge in [-0.15, -0.1) is 0 Å². The average molecular weight is 385 g/mol. The third-order valence-corrected chi connectivity index (χ3v) is 5.34. The van der Waals surface area contributed by atoms with Crippen molar-refractivity contribution in [3.05, 3.63) is 52.5 Å². The van der Waals surface area contributed by atoms with Crippen molar-refractivity contribution in [3.8, 4) is 11.5 Å². The second kappa shape index (κ2) is 6.69. The van der Waals surface area contributed by atoms with Crippen LogP contribution in [0.15, 0.2) is 51.4 Å². The topological polar surface area (TPSA) is 29.3 Å². The van der Waals surface area contributed by atoms with Crippen molar-refractivity contribution in [2.75, 3.05) is 6.54 Å². The minimum absolute atomic E-state index is 0.670. The summed E-state index contributed by atoms with van der Waals surface area (Å²) in [5.41, 5.74) is 4.09. The van der Waals surface area contributed by atoms with E-state index in [4.69, 9.17) is 9.40 Å². The van der Waals surface area contributed by atoms with Crippen molar-refractivity contribution < 1.29 is 4.42 Å². The SMILES string of the molecule is CC1CCCCN1Cc1ccc2oc(-c3cccc(Br)c3)nc2c1. The van der Waals surface area contributed by atoms with Crippen LogP contribution in [0.3, 0.4) is 0 Å². The third-order valence-electron chi connectivity index (χ3n) is 4.85. The summed E-state index contributed by atoms with van der Waals surface area (Å²) in [6, 6.07) is 15.1. The fourth-order valence-electron chi connectivity index (χ4n) is 3.44. The van der Waals surface area contributed by atoms with Gasteiger partial charge in [-0.3, -0.25) is 4.90 Å². The third kappa shape index (κ3) is 3.26. The zero-order chi connectivity index (χ0) is 16.5. The van der Waals surface area contributed by atoms with Gasteiger partial charge in [0.15, 0.2) is 5.58 Å². The lowest BCUT2D eigenvalue weighted by Gasteiger charge is -2.33. The van der Waals surface area contributed by atoms with Gasteiger partial charge in [0, 0.05) is 22.6 Å². The first-order valence-corrected chi connectivity index (χ1v) is 9.38. The second-order valence-electron chi connectivity index (χ2n) is 6.65. The van der Waals surface area contributed by atoms with E-state index in [2.05, 4.69) is 39.9 Å². The molecule has 1 saturated heterocycles. The summed E-state index contributed by atoms with van der Waals surface area (Å²) < 4.78 is 6.96. The molecule has 0 N–H and O–H groups in total. The molecular formula is C20H21BrN2O. The highest BCUT2D eigenvalue weighted by Gasteiger charge is 2.18. The number of aromatic nitrogens is 1. The first kappa shape index (κ1) is 15.9. The van der Waals surface area contributed by atoms with E-state index in [9.17, 15) is 0 Å². The van der Waals surface area contributed by atoms with Crippen LogP contribution in [0.25, 0.3) is 22.6 Å². The van der Waals surface area contributed by atoms with Crippen LogP contribution in [0, 0.1) is 0 Å². The van der Waals surface area contributed by atoms with Crippen molar-refractivity contribution in [2.45, 2.75) is 38.8 Å². The summed E-state index contributed by atoms with van der Waals surface area (Å²) in [6.07, 6.45) is 3.97. The van der Waals surface area contributed by atoms with E-state index in [1.807, 2.05) is 30.3 Å². The summed E-state index contributed by atoms with van der Waals surface area (Å²) >= 11 is 3.50. The predicted octanol–water partition coefficient (Wildman–Crippen LogP) is 5.63. The van der Waals surface area contributed by atoms with E-state index in [-0.39, 0.29) is 0 Å². The fourth-order valence-corrected chi connectivity index (χ4v) is 3.84. The molecule has 124 valence electrons. The van der Waals surface area contributed by atoms with Crippen LogP contribution in [-0.2, 0) is 6.54 Å². The van der Waals surface area contributed by atoms with E-state index in [1.165, 1.54) is 31.4 Å². The Kier molecular flexibility index (Phi) is 4.42. The number of likely N-dealkylation sites (tertiary alicyclic amines) is 1. The molecule has 1 aliphatic rings. The van der Waals surface area contributed by atoms with Gasteiger partial charge in [0.2, 0.25) is 5.89 Å². The highest BCUT2D eigenvalue weighted by molar-refractivity contribution is 9.10. The van der Waals surface area contributed by atoms with Gasteiger partial charge in [-0.1, -0.05) is 34.5 Å². The van der Waals surface area contributed by atoms with Gasteiger partial charge in [-0.25, -0.2) is 4.98 Å². The Hall–Kier alpha value is -1.65. The van der Waals surface area contributed by atoms with Gasteiger partial charge in [0.1, 0.15) is 5.52 Å².